The van der Waals surface area contributed by atoms with Crippen molar-refractivity contribution in [1.29, 1.82) is 0 Å². The highest BCUT2D eigenvalue weighted by Crippen LogP contribution is 2.25. The largest absolute Gasteiger partial charge is 0.456 e. The van der Waals surface area contributed by atoms with Crippen LogP contribution in [-0.4, -0.2) is 47.0 Å². The molecule has 2 N–H and O–H groups in total. The molecule has 3 rings (SSSR count). The number of benzene rings is 2. The molecule has 7 heteroatoms. The smallest absolute Gasteiger partial charge is 0.306 e. The van der Waals surface area contributed by atoms with E-state index in [0.717, 1.165) is 16.7 Å². The molecule has 0 radical (unpaired) electrons. The van der Waals surface area contributed by atoms with Gasteiger partial charge >= 0.3 is 5.97 Å². The molecule has 3 atom stereocenters. The number of nitrogens with zero attached hydrogens (tertiary/aromatic N) is 1. The molecule has 0 unspecified atom stereocenters. The molecule has 1 aliphatic rings. The molecule has 0 fully saturated rings. The molecule has 0 saturated heterocycles. The van der Waals surface area contributed by atoms with E-state index in [-0.39, 0.29) is 49.8 Å². The Morgan fingerprint density at radius 3 is 2.43 bits per heavy atom. The van der Waals surface area contributed by atoms with Crippen LogP contribution in [0.25, 0.3) is 0 Å². The predicted octanol–water partition coefficient (Wildman–Crippen LogP) is 3.88. The quantitative estimate of drug-likeness (QED) is 0.319. The lowest BCUT2D eigenvalue weighted by Crippen LogP contribution is -2.47. The van der Waals surface area contributed by atoms with Gasteiger partial charge in [0.05, 0.1) is 25.1 Å². The van der Waals surface area contributed by atoms with Gasteiger partial charge in [0.1, 0.15) is 6.10 Å². The summed E-state index contributed by atoms with van der Waals surface area (Å²) in [5.74, 6) is -1.50. The molecule has 2 aromatic carbocycles. The number of esters is 1. The summed E-state index contributed by atoms with van der Waals surface area (Å²) in [6.07, 6.45) is 4.22. The number of allylic oxidation sites excluding steroid dienone is 2. The number of hydrogen-bond donors (Lipinski definition) is 2. The lowest BCUT2D eigenvalue weighted by molar-refractivity contribution is -0.150. The number of amides is 2. The fourth-order valence-electron chi connectivity index (χ4n) is 4.53. The Morgan fingerprint density at radius 1 is 1.05 bits per heavy atom. The minimum atomic E-state index is -0.653. The van der Waals surface area contributed by atoms with Crippen molar-refractivity contribution < 1.29 is 24.2 Å². The molecule has 0 saturated carbocycles. The van der Waals surface area contributed by atoms with E-state index in [1.807, 2.05) is 54.6 Å². The van der Waals surface area contributed by atoms with Gasteiger partial charge in [-0.1, -0.05) is 66.7 Å². The van der Waals surface area contributed by atoms with Crippen LogP contribution in [0.5, 0.6) is 0 Å². The minimum Gasteiger partial charge on any atom is -0.456 e. The summed E-state index contributed by atoms with van der Waals surface area (Å²) >= 11 is 0. The summed E-state index contributed by atoms with van der Waals surface area (Å²) in [4.78, 5) is 40.4. The molecule has 196 valence electrons. The van der Waals surface area contributed by atoms with Gasteiger partial charge in [0.2, 0.25) is 11.8 Å². The van der Waals surface area contributed by atoms with Crippen molar-refractivity contribution in [1.82, 2.24) is 10.2 Å². The third-order valence-electron chi connectivity index (χ3n) is 6.59. The van der Waals surface area contributed by atoms with Gasteiger partial charge in [-0.15, -0.1) is 13.2 Å². The summed E-state index contributed by atoms with van der Waals surface area (Å²) in [5.41, 5.74) is 2.94. The second kappa shape index (κ2) is 14.1. The summed E-state index contributed by atoms with van der Waals surface area (Å²) in [7, 11) is 0. The fraction of sp³-hybridized carbons (Fsp3) is 0.367. The first kappa shape index (κ1) is 27.9. The van der Waals surface area contributed by atoms with Crippen LogP contribution in [0.2, 0.25) is 0 Å². The molecular weight excluding hydrogens is 468 g/mol. The lowest BCUT2D eigenvalue weighted by atomic mass is 9.92. The fourth-order valence-corrected chi connectivity index (χ4v) is 4.53. The Hall–Kier alpha value is -3.71. The maximum atomic E-state index is 13.3. The Labute approximate surface area is 218 Å². The molecule has 0 spiro atoms. The molecule has 0 bridgehead atoms. The van der Waals surface area contributed by atoms with E-state index in [2.05, 4.69) is 18.5 Å². The Morgan fingerprint density at radius 2 is 1.76 bits per heavy atom. The molecule has 7 nitrogen and oxygen atoms in total. The van der Waals surface area contributed by atoms with Gasteiger partial charge in [-0.05, 0) is 36.0 Å². The Bertz CT molecular complexity index is 1080. The van der Waals surface area contributed by atoms with E-state index in [1.54, 1.807) is 17.1 Å². The van der Waals surface area contributed by atoms with Crippen LogP contribution in [0.3, 0.4) is 0 Å². The molecule has 1 heterocycles. The lowest BCUT2D eigenvalue weighted by Gasteiger charge is -2.36. The summed E-state index contributed by atoms with van der Waals surface area (Å²) in [6, 6.07) is 16.8. The summed E-state index contributed by atoms with van der Waals surface area (Å²) in [5, 5.41) is 12.8. The van der Waals surface area contributed by atoms with Gasteiger partial charge in [0, 0.05) is 19.4 Å². The first-order valence-electron chi connectivity index (χ1n) is 12.7. The van der Waals surface area contributed by atoms with Crippen LogP contribution in [0, 0.1) is 5.92 Å². The molecule has 2 aromatic rings. The highest BCUT2D eigenvalue weighted by molar-refractivity contribution is 5.86. The average molecular weight is 505 g/mol. The molecule has 2 amide bonds. The maximum Gasteiger partial charge on any atom is 0.306 e. The van der Waals surface area contributed by atoms with Crippen molar-refractivity contribution in [2.75, 3.05) is 13.2 Å². The van der Waals surface area contributed by atoms with Gasteiger partial charge in [-0.3, -0.25) is 14.4 Å². The van der Waals surface area contributed by atoms with Gasteiger partial charge in [0.15, 0.2) is 0 Å². The first-order valence-corrected chi connectivity index (χ1v) is 12.7. The predicted molar refractivity (Wildman–Crippen MR) is 142 cm³/mol. The standard InChI is InChI=1S/C30H36N2O5/c1-3-5-16-29(35)37-27(22-12-7-6-8-13-22)19-31-30(36)24(11-4-2)18-28(34)32-20-25-15-10-9-14-23(25)17-26(32)21-33/h3-4,6-10,12-15,24,26-27,33H,1-2,5,11,16-21H2,(H,31,36)/t24-,26-,27-/m0/s1. The van der Waals surface area contributed by atoms with E-state index in [4.69, 9.17) is 4.74 Å². The first-order chi connectivity index (χ1) is 18.0. The summed E-state index contributed by atoms with van der Waals surface area (Å²) < 4.78 is 5.64. The van der Waals surface area contributed by atoms with E-state index in [0.29, 0.717) is 25.8 Å². The molecular formula is C30H36N2O5. The van der Waals surface area contributed by atoms with Crippen molar-refractivity contribution in [2.24, 2.45) is 5.92 Å². The number of hydrogen-bond acceptors (Lipinski definition) is 5. The number of rotatable bonds is 13. The normalized spacial score (nSPS) is 16.1. The van der Waals surface area contributed by atoms with E-state index >= 15 is 0 Å². The number of aliphatic hydroxyl groups is 1. The monoisotopic (exact) mass is 504 g/mol. The van der Waals surface area contributed by atoms with Crippen molar-refractivity contribution in [3.63, 3.8) is 0 Å². The number of ether oxygens (including phenoxy) is 1. The number of fused-ring (bicyclic) bond motifs is 1. The van der Waals surface area contributed by atoms with Crippen LogP contribution in [0.4, 0.5) is 0 Å². The Balaban J connectivity index is 1.66. The topological polar surface area (TPSA) is 95.9 Å². The van der Waals surface area contributed by atoms with Crippen molar-refractivity contribution >= 4 is 17.8 Å². The third kappa shape index (κ3) is 7.89. The third-order valence-corrected chi connectivity index (χ3v) is 6.59. The van der Waals surface area contributed by atoms with Crippen LogP contribution in [-0.2, 0) is 32.1 Å². The zero-order valence-electron chi connectivity index (χ0n) is 21.2. The van der Waals surface area contributed by atoms with Gasteiger partial charge in [0.25, 0.3) is 0 Å². The van der Waals surface area contributed by atoms with Crippen LogP contribution in [0.1, 0.15) is 48.5 Å². The van der Waals surface area contributed by atoms with E-state index < -0.39 is 12.0 Å². The molecule has 0 aliphatic carbocycles. The number of carbonyl (C=O) groups is 3. The number of aliphatic hydroxyl groups excluding tert-OH is 1. The zero-order chi connectivity index (χ0) is 26.6. The highest BCUT2D eigenvalue weighted by atomic mass is 16.5. The second-order valence-corrected chi connectivity index (χ2v) is 9.22. The van der Waals surface area contributed by atoms with E-state index in [9.17, 15) is 19.5 Å². The Kier molecular flexibility index (Phi) is 10.6. The minimum absolute atomic E-state index is 0.00829. The summed E-state index contributed by atoms with van der Waals surface area (Å²) in [6.45, 7) is 7.72. The van der Waals surface area contributed by atoms with Gasteiger partial charge in [-0.25, -0.2) is 0 Å². The zero-order valence-corrected chi connectivity index (χ0v) is 21.2. The van der Waals surface area contributed by atoms with Gasteiger partial charge < -0.3 is 20.1 Å². The van der Waals surface area contributed by atoms with Crippen LogP contribution in [0.15, 0.2) is 79.9 Å². The maximum absolute atomic E-state index is 13.3. The molecule has 37 heavy (non-hydrogen) atoms. The second-order valence-electron chi connectivity index (χ2n) is 9.22. The highest BCUT2D eigenvalue weighted by Gasteiger charge is 2.32. The van der Waals surface area contributed by atoms with Crippen molar-refractivity contribution in [3.05, 3.63) is 96.6 Å². The van der Waals surface area contributed by atoms with Crippen molar-refractivity contribution in [3.8, 4) is 0 Å². The molecule has 1 aliphatic heterocycles. The van der Waals surface area contributed by atoms with Crippen molar-refractivity contribution in [2.45, 2.75) is 50.8 Å². The molecule has 0 aromatic heterocycles. The van der Waals surface area contributed by atoms with Crippen LogP contribution < -0.4 is 5.32 Å². The van der Waals surface area contributed by atoms with E-state index in [1.165, 1.54) is 0 Å². The SMILES string of the molecule is C=CCCC(=O)O[C@@H](CNC(=O)[C@@H](CC=C)CC(=O)N1Cc2ccccc2C[C@H]1CO)c1ccccc1. The van der Waals surface area contributed by atoms with Crippen LogP contribution >= 0.6 is 0 Å². The van der Waals surface area contributed by atoms with Gasteiger partial charge in [-0.2, -0.15) is 0 Å². The number of carbonyl (C=O) groups excluding carboxylic acids is 3. The number of nitrogens with one attached hydrogen (secondary N) is 1. The average Bonchev–Trinajstić information content (AvgIpc) is 2.93.